The Balaban J connectivity index is 2.21. The van der Waals surface area contributed by atoms with Crippen LogP contribution in [0.5, 0.6) is 0 Å². The summed E-state index contributed by atoms with van der Waals surface area (Å²) in [7, 11) is 0. The van der Waals surface area contributed by atoms with Gasteiger partial charge in [-0.3, -0.25) is 4.79 Å². The Labute approximate surface area is 148 Å². The maximum atomic E-state index is 11.4. The van der Waals surface area contributed by atoms with Crippen LogP contribution >= 0.6 is 0 Å². The van der Waals surface area contributed by atoms with Gasteiger partial charge in [-0.05, 0) is 0 Å². The molecule has 8 N–H and O–H groups in total. The Morgan fingerprint density at radius 1 is 0.923 bits per heavy atom. The number of hydrogen-bond donors (Lipinski definition) is 8. The smallest absolute Gasteiger partial charge is 0.217 e. The van der Waals surface area contributed by atoms with E-state index in [2.05, 4.69) is 5.32 Å². The number of aliphatic hydroxyl groups excluding tert-OH is 7. The minimum Gasteiger partial charge on any atom is -0.394 e. The lowest BCUT2D eigenvalue weighted by molar-refractivity contribution is -0.341. The van der Waals surface area contributed by atoms with E-state index in [1.54, 1.807) is 0 Å². The van der Waals surface area contributed by atoms with E-state index < -0.39 is 80.5 Å². The number of hydrogen-bond acceptors (Lipinski definition) is 11. The van der Waals surface area contributed by atoms with Gasteiger partial charge in [-0.25, -0.2) is 0 Å². The topological polar surface area (TPSA) is 198 Å². The third-order valence-corrected chi connectivity index (χ3v) is 4.38. The zero-order chi connectivity index (χ0) is 19.6. The normalized spacial score (nSPS) is 46.8. The molecule has 2 fully saturated rings. The molecule has 1 amide bonds. The molecule has 152 valence electrons. The summed E-state index contributed by atoms with van der Waals surface area (Å²) in [5.74, 6) is -0.574. The maximum Gasteiger partial charge on any atom is 0.217 e. The first-order valence-electron chi connectivity index (χ1n) is 8.06. The fourth-order valence-electron chi connectivity index (χ4n) is 2.97. The van der Waals surface area contributed by atoms with Gasteiger partial charge >= 0.3 is 0 Å². The third kappa shape index (κ3) is 4.31. The summed E-state index contributed by atoms with van der Waals surface area (Å²) < 4.78 is 15.7. The molecule has 2 aliphatic rings. The molecule has 12 heteroatoms. The van der Waals surface area contributed by atoms with Crippen molar-refractivity contribution < 1.29 is 54.8 Å². The summed E-state index contributed by atoms with van der Waals surface area (Å²) in [6.07, 6.45) is -13.7. The Hall–Kier alpha value is -0.930. The first-order chi connectivity index (χ1) is 12.2. The monoisotopic (exact) mass is 383 g/mol. The summed E-state index contributed by atoms with van der Waals surface area (Å²) >= 11 is 0. The van der Waals surface area contributed by atoms with Crippen molar-refractivity contribution in [2.24, 2.45) is 0 Å². The van der Waals surface area contributed by atoms with Gasteiger partial charge in [0.25, 0.3) is 0 Å². The highest BCUT2D eigenvalue weighted by Gasteiger charge is 2.50. The fraction of sp³-hybridized carbons (Fsp3) is 0.929. The fourth-order valence-corrected chi connectivity index (χ4v) is 2.97. The first-order valence-corrected chi connectivity index (χ1v) is 8.06. The Bertz CT molecular complexity index is 478. The molecule has 0 aromatic rings. The highest BCUT2D eigenvalue weighted by molar-refractivity contribution is 5.73. The van der Waals surface area contributed by atoms with E-state index >= 15 is 0 Å². The summed E-state index contributed by atoms with van der Waals surface area (Å²) in [5, 5.41) is 70.7. The molecule has 2 aliphatic heterocycles. The van der Waals surface area contributed by atoms with Crippen LogP contribution in [0.2, 0.25) is 0 Å². The third-order valence-electron chi connectivity index (χ3n) is 4.38. The quantitative estimate of drug-likeness (QED) is 0.226. The van der Waals surface area contributed by atoms with Crippen molar-refractivity contribution in [2.45, 2.75) is 68.3 Å². The van der Waals surface area contributed by atoms with E-state index in [-0.39, 0.29) is 0 Å². The average Bonchev–Trinajstić information content (AvgIpc) is 2.60. The van der Waals surface area contributed by atoms with Crippen LogP contribution in [0.25, 0.3) is 0 Å². The van der Waals surface area contributed by atoms with Gasteiger partial charge in [0.05, 0.1) is 13.2 Å². The molecule has 0 aromatic carbocycles. The molecule has 0 unspecified atom stereocenters. The van der Waals surface area contributed by atoms with E-state index in [1.165, 1.54) is 0 Å². The molecule has 0 spiro atoms. The summed E-state index contributed by atoms with van der Waals surface area (Å²) in [6.45, 7) is -0.195. The second-order valence-corrected chi connectivity index (χ2v) is 6.26. The second kappa shape index (κ2) is 8.84. The number of nitrogens with one attached hydrogen (secondary N) is 1. The molecule has 26 heavy (non-hydrogen) atoms. The van der Waals surface area contributed by atoms with Crippen molar-refractivity contribution >= 4 is 5.91 Å². The molecule has 0 saturated carbocycles. The number of ether oxygens (including phenoxy) is 3. The molecule has 0 aromatic heterocycles. The highest BCUT2D eigenvalue weighted by atomic mass is 16.7. The Morgan fingerprint density at radius 2 is 1.50 bits per heavy atom. The zero-order valence-electron chi connectivity index (χ0n) is 14.0. The van der Waals surface area contributed by atoms with Crippen molar-refractivity contribution in [2.75, 3.05) is 13.2 Å². The molecule has 10 atom stereocenters. The lowest BCUT2D eigenvalue weighted by Gasteiger charge is -2.46. The number of aliphatic hydroxyl groups is 7. The Kier molecular flexibility index (Phi) is 7.27. The van der Waals surface area contributed by atoms with Crippen LogP contribution in [0.4, 0.5) is 0 Å². The molecule has 0 aliphatic carbocycles. The van der Waals surface area contributed by atoms with Crippen LogP contribution in [0, 0.1) is 0 Å². The standard InChI is InChI=1S/C14H25NO11/c1-4(18)15-7-12(9(20)6(3-17)24-13(7)23)26-14-11(22)10(21)8(19)5(2-16)25-14/h5-14,16-17,19-23H,2-3H2,1H3,(H,15,18)/t5-,6+,7+,8-,9+,10+,11-,12+,13+,14-/m0/s1. The van der Waals surface area contributed by atoms with Gasteiger partial charge in [-0.1, -0.05) is 0 Å². The van der Waals surface area contributed by atoms with E-state index in [0.717, 1.165) is 6.92 Å². The van der Waals surface area contributed by atoms with Crippen molar-refractivity contribution in [3.8, 4) is 0 Å². The lowest BCUT2D eigenvalue weighted by atomic mass is 9.95. The van der Waals surface area contributed by atoms with Crippen molar-refractivity contribution in [3.63, 3.8) is 0 Å². The van der Waals surface area contributed by atoms with Gasteiger partial charge in [-0.15, -0.1) is 0 Å². The van der Waals surface area contributed by atoms with Crippen LogP contribution in [0.15, 0.2) is 0 Å². The van der Waals surface area contributed by atoms with Crippen molar-refractivity contribution in [1.82, 2.24) is 5.32 Å². The highest BCUT2D eigenvalue weighted by Crippen LogP contribution is 2.28. The second-order valence-electron chi connectivity index (χ2n) is 6.26. The van der Waals surface area contributed by atoms with Gasteiger partial charge in [0.2, 0.25) is 5.91 Å². The lowest BCUT2D eigenvalue weighted by Crippen LogP contribution is -2.67. The number of carbonyl (C=O) groups excluding carboxylic acids is 1. The first kappa shape index (κ1) is 21.4. The maximum absolute atomic E-state index is 11.4. The largest absolute Gasteiger partial charge is 0.394 e. The van der Waals surface area contributed by atoms with Crippen LogP contribution in [-0.2, 0) is 19.0 Å². The van der Waals surface area contributed by atoms with Crippen molar-refractivity contribution in [3.05, 3.63) is 0 Å². The summed E-state index contributed by atoms with van der Waals surface area (Å²) in [6, 6.07) is -1.28. The predicted octanol–water partition coefficient (Wildman–Crippen LogP) is -5.25. The van der Waals surface area contributed by atoms with Crippen LogP contribution in [-0.4, -0.2) is 116 Å². The number of rotatable bonds is 5. The van der Waals surface area contributed by atoms with E-state index in [9.17, 15) is 40.5 Å². The summed E-state index contributed by atoms with van der Waals surface area (Å²) in [4.78, 5) is 11.4. The number of carbonyl (C=O) groups is 1. The number of amides is 1. The van der Waals surface area contributed by atoms with Gasteiger partial charge in [-0.2, -0.15) is 0 Å². The SMILES string of the molecule is CC(=O)N[C@@H]1[C@@H](O[C@@H]2O[C@@H](CO)[C@H](O)[C@@H](O)[C@@H]2O)[C@H](O)[C@@H](CO)O[C@H]1O. The van der Waals surface area contributed by atoms with Gasteiger partial charge < -0.3 is 55.3 Å². The Morgan fingerprint density at radius 3 is 2.04 bits per heavy atom. The zero-order valence-corrected chi connectivity index (χ0v) is 14.0. The van der Waals surface area contributed by atoms with Crippen LogP contribution in [0.3, 0.4) is 0 Å². The van der Waals surface area contributed by atoms with E-state index in [4.69, 9.17) is 14.2 Å². The van der Waals surface area contributed by atoms with E-state index in [1.807, 2.05) is 0 Å². The van der Waals surface area contributed by atoms with E-state index in [0.29, 0.717) is 0 Å². The molecule has 2 saturated heterocycles. The molecular weight excluding hydrogens is 358 g/mol. The van der Waals surface area contributed by atoms with Crippen LogP contribution in [0.1, 0.15) is 6.92 Å². The molecule has 0 bridgehead atoms. The molecule has 0 radical (unpaired) electrons. The summed E-state index contributed by atoms with van der Waals surface area (Å²) in [5.41, 5.74) is 0. The van der Waals surface area contributed by atoms with Gasteiger partial charge in [0.15, 0.2) is 12.6 Å². The minimum absolute atomic E-state index is 0.574. The minimum atomic E-state index is -1.74. The molecule has 2 rings (SSSR count). The van der Waals surface area contributed by atoms with Crippen molar-refractivity contribution in [1.29, 1.82) is 0 Å². The molecule has 12 nitrogen and oxygen atoms in total. The molecule has 2 heterocycles. The van der Waals surface area contributed by atoms with Gasteiger partial charge in [0, 0.05) is 6.92 Å². The van der Waals surface area contributed by atoms with Gasteiger partial charge in [0.1, 0.15) is 48.8 Å². The molecular formula is C14H25NO11. The van der Waals surface area contributed by atoms with Crippen LogP contribution < -0.4 is 5.32 Å². The average molecular weight is 383 g/mol. The predicted molar refractivity (Wildman–Crippen MR) is 80.2 cm³/mol.